The molecule has 0 bridgehead atoms. The van der Waals surface area contributed by atoms with Crippen LogP contribution in [0.5, 0.6) is 0 Å². The average molecular weight is 251 g/mol. The zero-order valence-corrected chi connectivity index (χ0v) is 12.7. The molecular weight excluding hydrogens is 222 g/mol. The van der Waals surface area contributed by atoms with Crippen molar-refractivity contribution in [2.75, 3.05) is 0 Å². The quantitative estimate of drug-likeness (QED) is 0.750. The maximum absolute atomic E-state index is 4.59. The maximum atomic E-state index is 4.59. The molecule has 3 heteroatoms. The Hall–Kier alpha value is -0.830. The molecule has 1 rings (SSSR count). The fraction of sp³-hybridized carbons (Fsp3) is 0.800. The highest BCUT2D eigenvalue weighted by atomic mass is 15.3. The Morgan fingerprint density at radius 2 is 1.94 bits per heavy atom. The molecule has 0 radical (unpaired) electrons. The van der Waals surface area contributed by atoms with E-state index in [4.69, 9.17) is 0 Å². The van der Waals surface area contributed by atoms with E-state index in [1.54, 1.807) is 0 Å². The zero-order chi connectivity index (χ0) is 13.6. The summed E-state index contributed by atoms with van der Waals surface area (Å²) in [5.41, 5.74) is 2.64. The molecule has 0 aliphatic heterocycles. The van der Waals surface area contributed by atoms with Crippen LogP contribution in [-0.2, 0) is 13.1 Å². The van der Waals surface area contributed by atoms with Gasteiger partial charge in [-0.05, 0) is 34.1 Å². The van der Waals surface area contributed by atoms with Crippen LogP contribution in [0.2, 0.25) is 0 Å². The van der Waals surface area contributed by atoms with Gasteiger partial charge in [-0.15, -0.1) is 0 Å². The molecule has 0 aromatic carbocycles. The van der Waals surface area contributed by atoms with Crippen molar-refractivity contribution in [3.8, 4) is 0 Å². The van der Waals surface area contributed by atoms with Crippen molar-refractivity contribution < 1.29 is 0 Å². The van der Waals surface area contributed by atoms with E-state index in [2.05, 4.69) is 55.9 Å². The van der Waals surface area contributed by atoms with Crippen LogP contribution in [0.1, 0.15) is 64.6 Å². The van der Waals surface area contributed by atoms with Gasteiger partial charge in [0, 0.05) is 30.4 Å². The Kier molecular flexibility index (Phi) is 5.86. The van der Waals surface area contributed by atoms with Gasteiger partial charge < -0.3 is 5.32 Å². The number of hydrogen-bond acceptors (Lipinski definition) is 2. The number of aryl methyl sites for hydroxylation is 2. The Balaban J connectivity index is 2.43. The third-order valence-corrected chi connectivity index (χ3v) is 3.10. The first-order chi connectivity index (χ1) is 8.42. The predicted molar refractivity (Wildman–Crippen MR) is 77.7 cm³/mol. The molecule has 1 aromatic heterocycles. The summed E-state index contributed by atoms with van der Waals surface area (Å²) in [6.07, 6.45) is 7.36. The lowest BCUT2D eigenvalue weighted by Gasteiger charge is -2.20. The first-order valence-corrected chi connectivity index (χ1v) is 7.20. The topological polar surface area (TPSA) is 29.9 Å². The van der Waals surface area contributed by atoms with Crippen LogP contribution in [-0.4, -0.2) is 15.3 Å². The van der Waals surface area contributed by atoms with Crippen molar-refractivity contribution in [2.45, 2.75) is 78.9 Å². The van der Waals surface area contributed by atoms with E-state index in [9.17, 15) is 0 Å². The van der Waals surface area contributed by atoms with E-state index in [1.165, 1.54) is 31.2 Å². The van der Waals surface area contributed by atoms with Gasteiger partial charge in [-0.2, -0.15) is 5.10 Å². The second-order valence-corrected chi connectivity index (χ2v) is 6.17. The molecule has 0 spiro atoms. The lowest BCUT2D eigenvalue weighted by molar-refractivity contribution is 0.423. The van der Waals surface area contributed by atoms with Crippen LogP contribution < -0.4 is 5.32 Å². The highest BCUT2D eigenvalue weighted by molar-refractivity contribution is 5.15. The molecule has 0 saturated heterocycles. The minimum atomic E-state index is 0.162. The van der Waals surface area contributed by atoms with Crippen molar-refractivity contribution in [1.29, 1.82) is 0 Å². The molecule has 1 aromatic rings. The zero-order valence-electron chi connectivity index (χ0n) is 12.7. The monoisotopic (exact) mass is 251 g/mol. The first-order valence-electron chi connectivity index (χ1n) is 7.20. The number of nitrogens with zero attached hydrogens (tertiary/aromatic N) is 2. The van der Waals surface area contributed by atoms with Crippen molar-refractivity contribution in [3.63, 3.8) is 0 Å². The predicted octanol–water partition coefficient (Wildman–Crippen LogP) is 3.66. The number of hydrogen-bond donors (Lipinski definition) is 1. The molecule has 104 valence electrons. The third kappa shape index (κ3) is 5.67. The summed E-state index contributed by atoms with van der Waals surface area (Å²) >= 11 is 0. The van der Waals surface area contributed by atoms with Gasteiger partial charge in [0.25, 0.3) is 0 Å². The standard InChI is InChI=1S/C15H29N3/c1-6-7-8-9-10-18-12-14(13(2)17-18)11-16-15(3,4)5/h12,16H,6-11H2,1-5H3. The highest BCUT2D eigenvalue weighted by Gasteiger charge is 2.11. The Bertz CT molecular complexity index is 347. The normalized spacial score (nSPS) is 12.1. The lowest BCUT2D eigenvalue weighted by atomic mass is 10.1. The minimum Gasteiger partial charge on any atom is -0.308 e. The molecule has 0 fully saturated rings. The molecule has 0 atom stereocenters. The third-order valence-electron chi connectivity index (χ3n) is 3.10. The van der Waals surface area contributed by atoms with Crippen molar-refractivity contribution >= 4 is 0 Å². The van der Waals surface area contributed by atoms with Gasteiger partial charge in [-0.25, -0.2) is 0 Å². The fourth-order valence-corrected chi connectivity index (χ4v) is 1.91. The maximum Gasteiger partial charge on any atom is 0.0638 e. The van der Waals surface area contributed by atoms with E-state index in [0.717, 1.165) is 18.8 Å². The van der Waals surface area contributed by atoms with Gasteiger partial charge in [0.2, 0.25) is 0 Å². The summed E-state index contributed by atoms with van der Waals surface area (Å²) in [6.45, 7) is 12.9. The molecule has 0 aliphatic rings. The van der Waals surface area contributed by atoms with Crippen molar-refractivity contribution in [1.82, 2.24) is 15.1 Å². The van der Waals surface area contributed by atoms with Crippen LogP contribution in [0.15, 0.2) is 6.20 Å². The molecule has 3 nitrogen and oxygen atoms in total. The summed E-state index contributed by atoms with van der Waals surface area (Å²) in [7, 11) is 0. The first kappa shape index (κ1) is 15.2. The van der Waals surface area contributed by atoms with Crippen LogP contribution in [0.25, 0.3) is 0 Å². The van der Waals surface area contributed by atoms with Gasteiger partial charge >= 0.3 is 0 Å². The van der Waals surface area contributed by atoms with Crippen molar-refractivity contribution in [2.24, 2.45) is 0 Å². The van der Waals surface area contributed by atoms with E-state index >= 15 is 0 Å². The molecular formula is C15H29N3. The number of nitrogens with one attached hydrogen (secondary N) is 1. The van der Waals surface area contributed by atoms with Gasteiger partial charge in [0.15, 0.2) is 0 Å². The summed E-state index contributed by atoms with van der Waals surface area (Å²) in [6, 6.07) is 0. The number of rotatable bonds is 7. The Morgan fingerprint density at radius 1 is 1.22 bits per heavy atom. The van der Waals surface area contributed by atoms with E-state index in [0.29, 0.717) is 0 Å². The number of aromatic nitrogens is 2. The molecule has 0 amide bonds. The van der Waals surface area contributed by atoms with Gasteiger partial charge in [0.1, 0.15) is 0 Å². The van der Waals surface area contributed by atoms with E-state index < -0.39 is 0 Å². The molecule has 18 heavy (non-hydrogen) atoms. The largest absolute Gasteiger partial charge is 0.308 e. The van der Waals surface area contributed by atoms with Crippen molar-refractivity contribution in [3.05, 3.63) is 17.5 Å². The summed E-state index contributed by atoms with van der Waals surface area (Å²) in [5, 5.41) is 8.10. The van der Waals surface area contributed by atoms with Gasteiger partial charge in [0.05, 0.1) is 5.69 Å². The van der Waals surface area contributed by atoms with E-state index in [-0.39, 0.29) is 5.54 Å². The highest BCUT2D eigenvalue weighted by Crippen LogP contribution is 2.09. The lowest BCUT2D eigenvalue weighted by Crippen LogP contribution is -2.35. The fourth-order valence-electron chi connectivity index (χ4n) is 1.91. The summed E-state index contributed by atoms with van der Waals surface area (Å²) in [4.78, 5) is 0. The second-order valence-electron chi connectivity index (χ2n) is 6.17. The minimum absolute atomic E-state index is 0.162. The van der Waals surface area contributed by atoms with Gasteiger partial charge in [-0.3, -0.25) is 4.68 Å². The molecule has 0 unspecified atom stereocenters. The van der Waals surface area contributed by atoms with Gasteiger partial charge in [-0.1, -0.05) is 26.2 Å². The molecule has 0 saturated carbocycles. The van der Waals surface area contributed by atoms with Crippen LogP contribution in [0, 0.1) is 6.92 Å². The SMILES string of the molecule is CCCCCCn1cc(CNC(C)(C)C)c(C)n1. The molecule has 1 N–H and O–H groups in total. The summed E-state index contributed by atoms with van der Waals surface area (Å²) < 4.78 is 2.10. The van der Waals surface area contributed by atoms with Crippen LogP contribution in [0.4, 0.5) is 0 Å². The van der Waals surface area contributed by atoms with Crippen LogP contribution in [0.3, 0.4) is 0 Å². The number of unbranched alkanes of at least 4 members (excludes halogenated alkanes) is 3. The second kappa shape index (κ2) is 6.93. The van der Waals surface area contributed by atoms with E-state index in [1.807, 2.05) is 0 Å². The average Bonchev–Trinajstić information content (AvgIpc) is 2.62. The summed E-state index contributed by atoms with van der Waals surface area (Å²) in [5.74, 6) is 0. The molecule has 1 heterocycles. The van der Waals surface area contributed by atoms with Crippen LogP contribution >= 0.6 is 0 Å². The Labute approximate surface area is 112 Å². The Morgan fingerprint density at radius 3 is 2.56 bits per heavy atom. The smallest absolute Gasteiger partial charge is 0.0638 e. The molecule has 0 aliphatic carbocycles.